The Morgan fingerprint density at radius 1 is 1.11 bits per heavy atom. The van der Waals surface area contributed by atoms with Gasteiger partial charge in [-0.25, -0.2) is 0 Å². The zero-order valence-electron chi connectivity index (χ0n) is 11.0. The molecule has 0 aliphatic heterocycles. The third-order valence-corrected chi connectivity index (χ3v) is 4.68. The molecule has 0 saturated heterocycles. The average molecular weight is 336 g/mol. The molecule has 0 aliphatic carbocycles. The van der Waals surface area contributed by atoms with Gasteiger partial charge in [0.15, 0.2) is 0 Å². The van der Waals surface area contributed by atoms with Gasteiger partial charge in [-0.3, -0.25) is 0 Å². The Kier molecular flexibility index (Phi) is 5.49. The molecule has 2 aromatic carbocycles. The minimum atomic E-state index is 0.242. The second kappa shape index (κ2) is 7.13. The smallest absolute Gasteiger partial charge is 0.0176 e. The summed E-state index contributed by atoms with van der Waals surface area (Å²) in [6.45, 7) is 2.13. The molecule has 2 rings (SSSR count). The molecule has 1 atom stereocenters. The van der Waals surface area contributed by atoms with E-state index in [0.717, 1.165) is 17.3 Å². The van der Waals surface area contributed by atoms with Gasteiger partial charge in [-0.15, -0.1) is 0 Å². The highest BCUT2D eigenvalue weighted by Crippen LogP contribution is 2.31. The summed E-state index contributed by atoms with van der Waals surface area (Å²) in [4.78, 5) is 2.55. The normalized spacial score (nSPS) is 12.4. The summed E-state index contributed by atoms with van der Waals surface area (Å²) in [5.41, 5.74) is 7.41. The monoisotopic (exact) mass is 335 g/mol. The summed E-state index contributed by atoms with van der Waals surface area (Å²) in [6, 6.07) is 17.2. The van der Waals surface area contributed by atoms with E-state index in [0.29, 0.717) is 0 Å². The fraction of sp³-hybridized carbons (Fsp3) is 0.250. The molecule has 0 bridgehead atoms. The van der Waals surface area contributed by atoms with E-state index in [1.165, 1.54) is 15.4 Å². The highest BCUT2D eigenvalue weighted by atomic mass is 79.9. The summed E-state index contributed by atoms with van der Waals surface area (Å²) >= 11 is 5.26. The summed E-state index contributed by atoms with van der Waals surface area (Å²) in [5, 5.41) is 0. The Bertz CT molecular complexity index is 525. The molecular weight excluding hydrogens is 318 g/mol. The molecule has 0 spiro atoms. The van der Waals surface area contributed by atoms with E-state index < -0.39 is 0 Å². The largest absolute Gasteiger partial charge is 0.327 e. The van der Waals surface area contributed by atoms with Crippen molar-refractivity contribution in [2.75, 3.05) is 0 Å². The minimum absolute atomic E-state index is 0.242. The first-order chi connectivity index (χ1) is 9.19. The highest BCUT2D eigenvalue weighted by Gasteiger charge is 2.07. The summed E-state index contributed by atoms with van der Waals surface area (Å²) in [5.74, 6) is 0. The van der Waals surface area contributed by atoms with Gasteiger partial charge in [-0.1, -0.05) is 52.8 Å². The Morgan fingerprint density at radius 2 is 1.79 bits per heavy atom. The Morgan fingerprint density at radius 3 is 2.47 bits per heavy atom. The quantitative estimate of drug-likeness (QED) is 0.842. The number of halogens is 1. The molecule has 0 heterocycles. The van der Waals surface area contributed by atoms with Crippen LogP contribution >= 0.6 is 27.7 Å². The lowest BCUT2D eigenvalue weighted by molar-refractivity contribution is 0.641. The van der Waals surface area contributed by atoms with Crippen LogP contribution in [0.3, 0.4) is 0 Å². The van der Waals surface area contributed by atoms with Crippen molar-refractivity contribution < 1.29 is 0 Å². The van der Waals surface area contributed by atoms with Crippen LogP contribution in [0.15, 0.2) is 62.8 Å². The first-order valence-corrected chi connectivity index (χ1v) is 8.07. The van der Waals surface area contributed by atoms with Gasteiger partial charge in [0.2, 0.25) is 0 Å². The van der Waals surface area contributed by atoms with Gasteiger partial charge in [0.25, 0.3) is 0 Å². The molecule has 100 valence electrons. The van der Waals surface area contributed by atoms with E-state index in [2.05, 4.69) is 71.4 Å². The molecule has 0 fully saturated rings. The first kappa shape index (κ1) is 14.6. The second-order valence-corrected chi connectivity index (χ2v) is 6.57. The van der Waals surface area contributed by atoms with Crippen LogP contribution in [-0.2, 0) is 6.42 Å². The van der Waals surface area contributed by atoms with Crippen LogP contribution in [-0.4, -0.2) is 6.04 Å². The number of benzene rings is 2. The standard InChI is InChI=1S/C16H18BrNS/c1-2-14(18)11-12-5-3-4-6-16(12)19-15-9-7-13(17)8-10-15/h3-10,14H,2,11,18H2,1H3. The third-order valence-electron chi connectivity index (χ3n) is 3.02. The number of hydrogen-bond acceptors (Lipinski definition) is 2. The number of rotatable bonds is 5. The van der Waals surface area contributed by atoms with E-state index >= 15 is 0 Å². The van der Waals surface area contributed by atoms with Crippen LogP contribution in [0, 0.1) is 0 Å². The van der Waals surface area contributed by atoms with Gasteiger partial charge < -0.3 is 5.73 Å². The van der Waals surface area contributed by atoms with Gasteiger partial charge in [-0.2, -0.15) is 0 Å². The minimum Gasteiger partial charge on any atom is -0.327 e. The van der Waals surface area contributed by atoms with Crippen molar-refractivity contribution in [3.63, 3.8) is 0 Å². The Labute approximate surface area is 127 Å². The van der Waals surface area contributed by atoms with Gasteiger partial charge in [0.1, 0.15) is 0 Å². The first-order valence-electron chi connectivity index (χ1n) is 6.46. The molecule has 2 aromatic rings. The topological polar surface area (TPSA) is 26.0 Å². The third kappa shape index (κ3) is 4.37. The van der Waals surface area contributed by atoms with Crippen LogP contribution in [0.5, 0.6) is 0 Å². The molecule has 0 aromatic heterocycles. The van der Waals surface area contributed by atoms with E-state index in [4.69, 9.17) is 5.73 Å². The lowest BCUT2D eigenvalue weighted by Crippen LogP contribution is -2.21. The SMILES string of the molecule is CCC(N)Cc1ccccc1Sc1ccc(Br)cc1. The molecule has 0 aliphatic rings. The molecule has 0 amide bonds. The zero-order valence-corrected chi connectivity index (χ0v) is 13.4. The van der Waals surface area contributed by atoms with E-state index in [1.807, 2.05) is 0 Å². The zero-order chi connectivity index (χ0) is 13.7. The summed E-state index contributed by atoms with van der Waals surface area (Å²) < 4.78 is 1.11. The van der Waals surface area contributed by atoms with Gasteiger partial charge in [-0.05, 0) is 48.7 Å². The van der Waals surface area contributed by atoms with Crippen LogP contribution in [0.1, 0.15) is 18.9 Å². The fourth-order valence-corrected chi connectivity index (χ4v) is 3.05. The molecular formula is C16H18BrNS. The van der Waals surface area contributed by atoms with E-state index in [9.17, 15) is 0 Å². The van der Waals surface area contributed by atoms with Crippen molar-refractivity contribution in [1.82, 2.24) is 0 Å². The molecule has 1 unspecified atom stereocenters. The van der Waals surface area contributed by atoms with Gasteiger partial charge >= 0.3 is 0 Å². The van der Waals surface area contributed by atoms with E-state index in [-0.39, 0.29) is 6.04 Å². The molecule has 3 heteroatoms. The van der Waals surface area contributed by atoms with E-state index in [1.54, 1.807) is 11.8 Å². The number of hydrogen-bond donors (Lipinski definition) is 1. The van der Waals surface area contributed by atoms with Gasteiger partial charge in [0.05, 0.1) is 0 Å². The molecule has 19 heavy (non-hydrogen) atoms. The van der Waals surface area contributed by atoms with Crippen molar-refractivity contribution in [3.05, 3.63) is 58.6 Å². The van der Waals surface area contributed by atoms with Crippen molar-refractivity contribution >= 4 is 27.7 Å². The molecule has 1 nitrogen and oxygen atoms in total. The molecule has 2 N–H and O–H groups in total. The maximum Gasteiger partial charge on any atom is 0.0176 e. The second-order valence-electron chi connectivity index (χ2n) is 4.54. The predicted molar refractivity (Wildman–Crippen MR) is 86.7 cm³/mol. The Hall–Kier alpha value is -0.770. The Balaban J connectivity index is 2.17. The van der Waals surface area contributed by atoms with Crippen molar-refractivity contribution in [2.24, 2.45) is 5.73 Å². The van der Waals surface area contributed by atoms with Gasteiger partial charge in [0, 0.05) is 20.3 Å². The average Bonchev–Trinajstić information content (AvgIpc) is 2.43. The molecule has 0 radical (unpaired) electrons. The summed E-state index contributed by atoms with van der Waals surface area (Å²) in [6.07, 6.45) is 1.95. The van der Waals surface area contributed by atoms with Crippen LogP contribution in [0.2, 0.25) is 0 Å². The lowest BCUT2D eigenvalue weighted by atomic mass is 10.1. The predicted octanol–water partition coefficient (Wildman–Crippen LogP) is 4.88. The fourth-order valence-electron chi connectivity index (χ4n) is 1.83. The molecule has 0 saturated carbocycles. The maximum absolute atomic E-state index is 6.07. The van der Waals surface area contributed by atoms with Crippen LogP contribution in [0.4, 0.5) is 0 Å². The highest BCUT2D eigenvalue weighted by molar-refractivity contribution is 9.10. The summed E-state index contributed by atoms with van der Waals surface area (Å²) in [7, 11) is 0. The number of nitrogens with two attached hydrogens (primary N) is 1. The van der Waals surface area contributed by atoms with Crippen molar-refractivity contribution in [1.29, 1.82) is 0 Å². The lowest BCUT2D eigenvalue weighted by Gasteiger charge is -2.13. The van der Waals surface area contributed by atoms with Crippen molar-refractivity contribution in [3.8, 4) is 0 Å². The van der Waals surface area contributed by atoms with Crippen LogP contribution < -0.4 is 5.73 Å². The van der Waals surface area contributed by atoms with Crippen molar-refractivity contribution in [2.45, 2.75) is 35.6 Å². The maximum atomic E-state index is 6.07. The van der Waals surface area contributed by atoms with Crippen LogP contribution in [0.25, 0.3) is 0 Å².